The molecule has 134 valence electrons. The molecule has 8 heteroatoms. The molecule has 0 aliphatic heterocycles. The van der Waals surface area contributed by atoms with Gasteiger partial charge >= 0.3 is 5.97 Å². The van der Waals surface area contributed by atoms with Crippen molar-refractivity contribution in [3.8, 4) is 0 Å². The Morgan fingerprint density at radius 1 is 1.04 bits per heavy atom. The highest BCUT2D eigenvalue weighted by atomic mass is 32.2. The number of ether oxygens (including phenoxy) is 1. The maximum atomic E-state index is 12.4. The van der Waals surface area contributed by atoms with Crippen LogP contribution in [-0.4, -0.2) is 33.2 Å². The summed E-state index contributed by atoms with van der Waals surface area (Å²) in [7, 11) is -2.53. The molecular weight excluding hydrogens is 374 g/mol. The van der Waals surface area contributed by atoms with Gasteiger partial charge in [-0.25, -0.2) is 13.2 Å². The normalized spacial score (nSPS) is 11.3. The lowest BCUT2D eigenvalue weighted by Crippen LogP contribution is -2.23. The van der Waals surface area contributed by atoms with Crippen molar-refractivity contribution in [3.05, 3.63) is 59.5 Å². The van der Waals surface area contributed by atoms with E-state index >= 15 is 0 Å². The average Bonchev–Trinajstić information content (AvgIpc) is 3.00. The third kappa shape index (κ3) is 3.61. The fraction of sp³-hybridized carbons (Fsp3) is 0.111. The van der Waals surface area contributed by atoms with Gasteiger partial charge in [0.25, 0.3) is 0 Å². The van der Waals surface area contributed by atoms with E-state index in [-0.39, 0.29) is 15.5 Å². The fourth-order valence-corrected chi connectivity index (χ4v) is 4.70. The van der Waals surface area contributed by atoms with E-state index in [0.29, 0.717) is 5.39 Å². The molecule has 0 aliphatic rings. The molecule has 0 bridgehead atoms. The monoisotopic (exact) mass is 389 g/mol. The molecule has 6 nitrogen and oxygen atoms in total. The van der Waals surface area contributed by atoms with Gasteiger partial charge in [-0.05, 0) is 18.2 Å². The quantitative estimate of drug-likeness (QED) is 0.677. The fourth-order valence-electron chi connectivity index (χ4n) is 2.47. The van der Waals surface area contributed by atoms with Crippen LogP contribution in [0.4, 0.5) is 5.69 Å². The van der Waals surface area contributed by atoms with E-state index in [4.69, 9.17) is 4.74 Å². The lowest BCUT2D eigenvalue weighted by Gasteiger charge is -2.08. The molecule has 1 amide bonds. The van der Waals surface area contributed by atoms with Crippen LogP contribution in [0, 0.1) is 0 Å². The van der Waals surface area contributed by atoms with E-state index in [9.17, 15) is 18.0 Å². The largest absolute Gasteiger partial charge is 0.465 e. The number of methoxy groups -OCH3 is 1. The topological polar surface area (TPSA) is 89.5 Å². The molecule has 0 radical (unpaired) electrons. The number of sulfone groups is 1. The van der Waals surface area contributed by atoms with E-state index in [2.05, 4.69) is 5.32 Å². The Balaban J connectivity index is 1.91. The predicted octanol–water partition coefficient (Wildman–Crippen LogP) is 3.10. The maximum Gasteiger partial charge on any atom is 0.350 e. The molecule has 3 rings (SSSR count). The molecule has 3 aromatic rings. The summed E-state index contributed by atoms with van der Waals surface area (Å²) in [5, 5.41) is 3.22. The zero-order valence-corrected chi connectivity index (χ0v) is 15.4. The van der Waals surface area contributed by atoms with Crippen LogP contribution in [0.25, 0.3) is 10.1 Å². The Kier molecular flexibility index (Phi) is 5.06. The van der Waals surface area contributed by atoms with Gasteiger partial charge in [0.15, 0.2) is 9.84 Å². The number of anilines is 1. The third-order valence-corrected chi connectivity index (χ3v) is 6.44. The van der Waals surface area contributed by atoms with E-state index < -0.39 is 27.5 Å². The number of thiophene rings is 1. The molecule has 0 saturated heterocycles. The Morgan fingerprint density at radius 2 is 1.69 bits per heavy atom. The van der Waals surface area contributed by atoms with Crippen LogP contribution in [0.5, 0.6) is 0 Å². The van der Waals surface area contributed by atoms with Crippen molar-refractivity contribution in [3.63, 3.8) is 0 Å². The first-order chi connectivity index (χ1) is 12.4. The molecule has 0 saturated carbocycles. The summed E-state index contributed by atoms with van der Waals surface area (Å²) in [6, 6.07) is 14.9. The first-order valence-electron chi connectivity index (χ1n) is 7.60. The van der Waals surface area contributed by atoms with Crippen molar-refractivity contribution in [2.75, 3.05) is 18.2 Å². The number of fused-ring (bicyclic) bond motifs is 1. The minimum atomic E-state index is -3.78. The third-order valence-electron chi connectivity index (χ3n) is 3.65. The smallest absolute Gasteiger partial charge is 0.350 e. The lowest BCUT2D eigenvalue weighted by atomic mass is 10.2. The number of rotatable bonds is 5. The standard InChI is InChI=1S/C18H15NO5S2/c1-24-18(21)17-16(13-9-5-6-10-14(13)25-17)19-15(20)11-26(22,23)12-7-3-2-4-8-12/h2-10H,11H2,1H3,(H,19,20). The highest BCUT2D eigenvalue weighted by Crippen LogP contribution is 2.36. The number of esters is 1. The van der Waals surface area contributed by atoms with Crippen molar-refractivity contribution in [1.29, 1.82) is 0 Å². The molecule has 0 aliphatic carbocycles. The van der Waals surface area contributed by atoms with Gasteiger partial charge in [-0.3, -0.25) is 4.79 Å². The SMILES string of the molecule is COC(=O)c1sc2ccccc2c1NC(=O)CS(=O)(=O)c1ccccc1. The van der Waals surface area contributed by atoms with E-state index in [1.165, 1.54) is 30.6 Å². The van der Waals surface area contributed by atoms with Crippen LogP contribution in [-0.2, 0) is 19.4 Å². The highest BCUT2D eigenvalue weighted by Gasteiger charge is 2.24. The van der Waals surface area contributed by atoms with Gasteiger partial charge in [-0.15, -0.1) is 11.3 Å². The molecule has 1 heterocycles. The summed E-state index contributed by atoms with van der Waals surface area (Å²) in [5.41, 5.74) is 0.269. The minimum absolute atomic E-state index is 0.0681. The van der Waals surface area contributed by atoms with Gasteiger partial charge in [0.05, 0.1) is 17.7 Å². The first-order valence-corrected chi connectivity index (χ1v) is 10.1. The molecule has 2 aromatic carbocycles. The zero-order chi connectivity index (χ0) is 18.7. The summed E-state index contributed by atoms with van der Waals surface area (Å²) >= 11 is 1.17. The number of carbonyl (C=O) groups excluding carboxylic acids is 2. The molecular formula is C18H15NO5S2. The molecule has 0 atom stereocenters. The first kappa shape index (κ1) is 18.1. The molecule has 1 N–H and O–H groups in total. The van der Waals surface area contributed by atoms with Crippen LogP contribution in [0.2, 0.25) is 0 Å². The summed E-state index contributed by atoms with van der Waals surface area (Å²) < 4.78 is 30.3. The van der Waals surface area contributed by atoms with Crippen molar-refractivity contribution >= 4 is 48.8 Å². The Morgan fingerprint density at radius 3 is 2.38 bits per heavy atom. The summed E-state index contributed by atoms with van der Waals surface area (Å²) in [4.78, 5) is 24.7. The summed E-state index contributed by atoms with van der Waals surface area (Å²) in [6.45, 7) is 0. The van der Waals surface area contributed by atoms with Crippen molar-refractivity contribution in [2.45, 2.75) is 4.90 Å². The predicted molar refractivity (Wildman–Crippen MR) is 100 cm³/mol. The second kappa shape index (κ2) is 7.27. The highest BCUT2D eigenvalue weighted by molar-refractivity contribution is 7.92. The Bertz CT molecular complexity index is 1070. The number of nitrogens with one attached hydrogen (secondary N) is 1. The summed E-state index contributed by atoms with van der Waals surface area (Å²) in [6.07, 6.45) is 0. The summed E-state index contributed by atoms with van der Waals surface area (Å²) in [5.74, 6) is -2.03. The average molecular weight is 389 g/mol. The molecule has 0 fully saturated rings. The number of hydrogen-bond donors (Lipinski definition) is 1. The van der Waals surface area contributed by atoms with E-state index in [1.807, 2.05) is 12.1 Å². The van der Waals surface area contributed by atoms with Crippen molar-refractivity contribution < 1.29 is 22.7 Å². The maximum absolute atomic E-state index is 12.4. The number of hydrogen-bond acceptors (Lipinski definition) is 6. The molecule has 1 aromatic heterocycles. The molecule has 0 spiro atoms. The van der Waals surface area contributed by atoms with Gasteiger partial charge in [-0.2, -0.15) is 0 Å². The zero-order valence-electron chi connectivity index (χ0n) is 13.8. The second-order valence-corrected chi connectivity index (χ2v) is 8.46. The van der Waals surface area contributed by atoms with Crippen LogP contribution in [0.15, 0.2) is 59.5 Å². The van der Waals surface area contributed by atoms with Crippen LogP contribution in [0.3, 0.4) is 0 Å². The van der Waals surface area contributed by atoms with Crippen molar-refractivity contribution in [2.24, 2.45) is 0 Å². The van der Waals surface area contributed by atoms with Gasteiger partial charge in [-0.1, -0.05) is 36.4 Å². The van der Waals surface area contributed by atoms with E-state index in [1.54, 1.807) is 30.3 Å². The van der Waals surface area contributed by atoms with Gasteiger partial charge in [0.1, 0.15) is 10.6 Å². The van der Waals surface area contributed by atoms with Crippen molar-refractivity contribution in [1.82, 2.24) is 0 Å². The number of amides is 1. The minimum Gasteiger partial charge on any atom is -0.465 e. The number of carbonyl (C=O) groups is 2. The lowest BCUT2D eigenvalue weighted by molar-refractivity contribution is -0.113. The van der Waals surface area contributed by atoms with Gasteiger partial charge < -0.3 is 10.1 Å². The second-order valence-electron chi connectivity index (χ2n) is 5.41. The van der Waals surface area contributed by atoms with Crippen LogP contribution >= 0.6 is 11.3 Å². The Labute approximate surface area is 154 Å². The number of benzene rings is 2. The molecule has 0 unspecified atom stereocenters. The van der Waals surface area contributed by atoms with E-state index in [0.717, 1.165) is 4.70 Å². The molecule has 26 heavy (non-hydrogen) atoms. The van der Waals surface area contributed by atoms with Crippen LogP contribution in [0.1, 0.15) is 9.67 Å². The Hall–Kier alpha value is -2.71. The van der Waals surface area contributed by atoms with Crippen LogP contribution < -0.4 is 5.32 Å². The van der Waals surface area contributed by atoms with Gasteiger partial charge in [0.2, 0.25) is 5.91 Å². The van der Waals surface area contributed by atoms with Gasteiger partial charge in [0, 0.05) is 10.1 Å².